The number of ether oxygens (including phenoxy) is 6. The number of rotatable bonds is 21. The Labute approximate surface area is 451 Å². The smallest absolute Gasteiger partial charge is 0.463 e. The first kappa shape index (κ1) is 60.4. The summed E-state index contributed by atoms with van der Waals surface area (Å²) >= 11 is 5.99. The number of carbonyl (C=O) groups is 2. The summed E-state index contributed by atoms with van der Waals surface area (Å²) in [4.78, 5) is 75.9. The van der Waals surface area contributed by atoms with E-state index in [2.05, 4.69) is 20.1 Å². The van der Waals surface area contributed by atoms with Crippen LogP contribution in [0.15, 0.2) is 153 Å². The average Bonchev–Trinajstić information content (AvgIpc) is 4.12. The van der Waals surface area contributed by atoms with Crippen molar-refractivity contribution in [2.45, 2.75) is 77.8 Å². The monoisotopic (exact) mass is 1140 g/mol. The number of nitrogens with one attached hydrogen (secondary N) is 4. The minimum atomic E-state index is -4.35. The van der Waals surface area contributed by atoms with Crippen LogP contribution in [0.25, 0.3) is 0 Å². The molecule has 6 aromatic rings. The van der Waals surface area contributed by atoms with Crippen molar-refractivity contribution in [1.29, 1.82) is 0 Å². The molecule has 418 valence electrons. The van der Waals surface area contributed by atoms with E-state index in [0.717, 1.165) is 15.7 Å². The van der Waals surface area contributed by atoms with Crippen LogP contribution in [0.2, 0.25) is 0 Å². The lowest BCUT2D eigenvalue weighted by Gasteiger charge is -2.26. The van der Waals surface area contributed by atoms with E-state index >= 15 is 0 Å². The highest BCUT2D eigenvalue weighted by Gasteiger charge is 2.41. The predicted molar refractivity (Wildman–Crippen MR) is 283 cm³/mol. The van der Waals surface area contributed by atoms with Crippen molar-refractivity contribution in [2.24, 2.45) is 0 Å². The summed E-state index contributed by atoms with van der Waals surface area (Å²) in [6.45, 7) is 1.28. The van der Waals surface area contributed by atoms with E-state index in [-0.39, 0.29) is 57.2 Å². The minimum Gasteiger partial charge on any atom is -0.465 e. The Morgan fingerprint density at radius 3 is 1.53 bits per heavy atom. The molecule has 2 aliphatic heterocycles. The highest BCUT2D eigenvalue weighted by atomic mass is 35.7. The van der Waals surface area contributed by atoms with Crippen LogP contribution in [0, 0.1) is 13.8 Å². The van der Waals surface area contributed by atoms with Gasteiger partial charge in [-0.2, -0.15) is 5.09 Å². The number of hydrogen-bond donors (Lipinski definition) is 5. The molecule has 2 unspecified atom stereocenters. The van der Waals surface area contributed by atoms with Gasteiger partial charge in [0, 0.05) is 34.8 Å². The molecule has 8 rings (SSSR count). The van der Waals surface area contributed by atoms with Crippen LogP contribution < -0.4 is 41.7 Å². The molecule has 4 heterocycles. The largest absolute Gasteiger partial charge is 0.465 e. The second-order valence-corrected chi connectivity index (χ2v) is 21.2. The Bertz CT molecular complexity index is 3230. The number of aliphatic hydroxyl groups excluding tert-OH is 1. The molecular formula is C51H59ClN6O18P2. The number of para-hydroxylation sites is 2. The first-order chi connectivity index (χ1) is 37.4. The fourth-order valence-corrected chi connectivity index (χ4v) is 10.3. The lowest BCUT2D eigenvalue weighted by Crippen LogP contribution is -2.40. The van der Waals surface area contributed by atoms with E-state index in [4.69, 9.17) is 58.3 Å². The molecule has 0 spiro atoms. The summed E-state index contributed by atoms with van der Waals surface area (Å²) in [5.41, 5.74) is 0.172. The average molecular weight is 1140 g/mol. The van der Waals surface area contributed by atoms with Gasteiger partial charge in [-0.05, 0) is 75.9 Å². The molecule has 0 bridgehead atoms. The van der Waals surface area contributed by atoms with Crippen LogP contribution in [0.1, 0.15) is 48.6 Å². The molecule has 0 aliphatic carbocycles. The molecule has 0 saturated carbocycles. The van der Waals surface area contributed by atoms with Crippen LogP contribution in [-0.2, 0) is 64.5 Å². The van der Waals surface area contributed by atoms with Gasteiger partial charge >= 0.3 is 37.9 Å². The Balaban J connectivity index is 0.000000209. The summed E-state index contributed by atoms with van der Waals surface area (Å²) in [5, 5.41) is 14.1. The second-order valence-electron chi connectivity index (χ2n) is 16.8. The summed E-state index contributed by atoms with van der Waals surface area (Å²) < 4.78 is 77.2. The zero-order valence-corrected chi connectivity index (χ0v) is 45.2. The van der Waals surface area contributed by atoms with Crippen molar-refractivity contribution in [3.05, 3.63) is 198 Å². The van der Waals surface area contributed by atoms with E-state index in [1.54, 1.807) is 81.4 Å². The quantitative estimate of drug-likeness (QED) is 0.0437. The van der Waals surface area contributed by atoms with E-state index < -0.39 is 86.4 Å². The lowest BCUT2D eigenvalue weighted by molar-refractivity contribution is -0.197. The molecule has 2 saturated heterocycles. The maximum Gasteiger partial charge on any atom is 0.463 e. The highest BCUT2D eigenvalue weighted by molar-refractivity contribution is 7.84. The molecule has 5 N–H and O–H groups in total. The fraction of sp³-hybridized carbons (Fsp3) is 0.333. The zero-order chi connectivity index (χ0) is 56.2. The first-order valence-electron chi connectivity index (χ1n) is 24.2. The van der Waals surface area contributed by atoms with Gasteiger partial charge in [0.1, 0.15) is 23.6 Å². The summed E-state index contributed by atoms with van der Waals surface area (Å²) in [6, 6.07) is 33.2. The number of carbonyl (C=O) groups excluding carboxylic acids is 2. The third kappa shape index (κ3) is 18.4. The van der Waals surface area contributed by atoms with Crippen molar-refractivity contribution in [1.82, 2.24) is 29.3 Å². The Kier molecular flexibility index (Phi) is 22.7. The van der Waals surface area contributed by atoms with Crippen LogP contribution in [-0.4, -0.2) is 94.0 Å². The van der Waals surface area contributed by atoms with Crippen molar-refractivity contribution in [2.75, 3.05) is 33.0 Å². The van der Waals surface area contributed by atoms with Crippen LogP contribution in [0.3, 0.4) is 0 Å². The van der Waals surface area contributed by atoms with Gasteiger partial charge in [0.2, 0.25) is 0 Å². The molecule has 78 heavy (non-hydrogen) atoms. The minimum absolute atomic E-state index is 0.111. The number of halogens is 1. The number of hydrogen-bond acceptors (Lipinski definition) is 18. The number of H-pyrrole nitrogens is 2. The maximum atomic E-state index is 14.0. The number of aliphatic hydroxyl groups is 1. The summed E-state index contributed by atoms with van der Waals surface area (Å²) in [5.74, 6) is -0.629. The van der Waals surface area contributed by atoms with Gasteiger partial charge in [-0.15, -0.1) is 0 Å². The molecule has 8 atom stereocenters. The van der Waals surface area contributed by atoms with Crippen LogP contribution in [0.5, 0.6) is 11.5 Å². The molecule has 27 heteroatoms. The van der Waals surface area contributed by atoms with E-state index in [1.807, 2.05) is 60.7 Å². The predicted octanol–water partition coefficient (Wildman–Crippen LogP) is 5.53. The summed E-state index contributed by atoms with van der Waals surface area (Å²) in [7, 11) is -4.35. The molecule has 2 aromatic heterocycles. The highest BCUT2D eigenvalue weighted by Crippen LogP contribution is 2.49. The van der Waals surface area contributed by atoms with Crippen molar-refractivity contribution in [3.8, 4) is 11.5 Å². The number of aryl methyl sites for hydroxylation is 2. The van der Waals surface area contributed by atoms with Crippen LogP contribution in [0.4, 0.5) is 0 Å². The van der Waals surface area contributed by atoms with Crippen molar-refractivity contribution in [3.63, 3.8) is 0 Å². The third-order valence-electron chi connectivity index (χ3n) is 10.9. The Hall–Kier alpha value is -6.79. The van der Waals surface area contributed by atoms with Gasteiger partial charge < -0.3 is 42.6 Å². The van der Waals surface area contributed by atoms with Gasteiger partial charge in [-0.3, -0.25) is 38.3 Å². The SMILES string of the molecule is CCOC(=O)[C@H](Cc1ccccc1)NP(=O)(Cl)Oc1ccccc1.CCOC(=O)[C@H](Cc1ccccc1)NP(=O)(Oc1ccccc1)O[C@@H]1OC[C@H](n2cc(C)c(=O)[nH]c2=O)O1.Cc1cn([C@H]2CO[C@@H](CO)O2)c(=O)[nH]c1=O. The topological polar surface area (TPSA) is 305 Å². The summed E-state index contributed by atoms with van der Waals surface area (Å²) in [6.07, 6.45) is 0.852. The fourth-order valence-electron chi connectivity index (χ4n) is 7.23. The zero-order valence-electron chi connectivity index (χ0n) is 42.7. The van der Waals surface area contributed by atoms with Gasteiger partial charge in [0.05, 0.1) is 33.0 Å². The molecule has 4 aromatic carbocycles. The van der Waals surface area contributed by atoms with Crippen molar-refractivity contribution < 1.29 is 65.8 Å². The molecule has 0 radical (unpaired) electrons. The Morgan fingerprint density at radius 1 is 0.654 bits per heavy atom. The maximum absolute atomic E-state index is 14.0. The standard InChI is InChI=1S/C25H28N3O9P.C17H19ClNO4P.C9H12N2O5/c1-3-33-23(30)20(14-18-10-6-4-7-11-18)27-38(32,36-19-12-8-5-9-13-19)37-25-34-16-21(35-25)28-15-17(2)22(29)26-24(28)31;1-2-22-17(20)16(13-14-9-5-3-6-10-14)19-24(18,21)23-15-11-7-4-8-12-15;1-5-2-11(9(14)10-8(5)13)6-4-15-7(3-12)16-6/h4-13,15,20-21,25H,3,14,16H2,1-2H3,(H,27,32)(H,26,29,31);3-12,16H,2,13H2,1H3,(H,19,21);2,6-7,12H,3-4H2,1H3,(H,10,13,14)/t20-,21+,25+,38?;16-,24?;6-,7-/m001/s1. The number of aromatic nitrogens is 4. The van der Waals surface area contributed by atoms with Crippen LogP contribution >= 0.6 is 25.9 Å². The van der Waals surface area contributed by atoms with E-state index in [1.165, 1.54) is 23.9 Å². The number of benzene rings is 4. The first-order valence-corrected chi connectivity index (χ1v) is 28.3. The number of aromatic amines is 2. The lowest BCUT2D eigenvalue weighted by atomic mass is 10.1. The molecular weight excluding hydrogens is 1080 g/mol. The molecule has 2 fully saturated rings. The molecule has 0 amide bonds. The second kappa shape index (κ2) is 29.3. The third-order valence-corrected chi connectivity index (χ3v) is 14.0. The number of esters is 2. The van der Waals surface area contributed by atoms with Gasteiger partial charge in [0.25, 0.3) is 17.6 Å². The van der Waals surface area contributed by atoms with Gasteiger partial charge in [-0.1, -0.05) is 97.1 Å². The molecule has 2 aliphatic rings. The van der Waals surface area contributed by atoms with Gasteiger partial charge in [-0.25, -0.2) is 28.3 Å². The van der Waals surface area contributed by atoms with E-state index in [9.17, 15) is 37.9 Å². The molecule has 24 nitrogen and oxygen atoms in total. The van der Waals surface area contributed by atoms with Crippen molar-refractivity contribution >= 4 is 37.8 Å². The number of nitrogens with zero attached hydrogens (tertiary/aromatic N) is 2. The van der Waals surface area contributed by atoms with E-state index in [0.29, 0.717) is 11.3 Å². The normalized spacial score (nSPS) is 19.0. The van der Waals surface area contributed by atoms with Gasteiger partial charge in [0.15, 0.2) is 18.7 Å². The Morgan fingerprint density at radius 2 is 1.08 bits per heavy atom.